The molecule has 2 aliphatic carbocycles. The Labute approximate surface area is 148 Å². The van der Waals surface area contributed by atoms with Gasteiger partial charge in [0.15, 0.2) is 0 Å². The summed E-state index contributed by atoms with van der Waals surface area (Å²) in [4.78, 5) is 11.2. The molecule has 1 radical (unpaired) electrons. The molecule has 2 saturated carbocycles. The highest BCUT2D eigenvalue weighted by molar-refractivity contribution is 6.39. The molecule has 0 bridgehead atoms. The van der Waals surface area contributed by atoms with Crippen molar-refractivity contribution in [1.29, 1.82) is 0 Å². The zero-order chi connectivity index (χ0) is 16.8. The Kier molecular flexibility index (Phi) is 6.64. The van der Waals surface area contributed by atoms with Crippen molar-refractivity contribution in [3.8, 4) is 0 Å². The predicted molar refractivity (Wildman–Crippen MR) is 99.6 cm³/mol. The summed E-state index contributed by atoms with van der Waals surface area (Å²) in [7, 11) is 2.72. The first kappa shape index (κ1) is 17.8. The van der Waals surface area contributed by atoms with Gasteiger partial charge in [0.05, 0.1) is 12.2 Å². The van der Waals surface area contributed by atoms with Crippen molar-refractivity contribution in [3.63, 3.8) is 0 Å². The molecular weight excluding hydrogens is 297 g/mol. The van der Waals surface area contributed by atoms with Crippen LogP contribution in [-0.4, -0.2) is 30.8 Å². The van der Waals surface area contributed by atoms with E-state index < -0.39 is 0 Å². The van der Waals surface area contributed by atoms with Crippen molar-refractivity contribution in [1.82, 2.24) is 15.8 Å². The van der Waals surface area contributed by atoms with E-state index in [0.717, 1.165) is 23.9 Å². The average molecular weight is 330 g/mol. The smallest absolute Gasteiger partial charge is 0.221 e. The Hall–Kier alpha value is -0.965. The van der Waals surface area contributed by atoms with Crippen LogP contribution in [0.15, 0.2) is 11.9 Å². The predicted octanol–water partition coefficient (Wildman–Crippen LogP) is 3.75. The van der Waals surface area contributed by atoms with Gasteiger partial charge in [-0.15, -0.1) is 0 Å². The van der Waals surface area contributed by atoms with Gasteiger partial charge in [-0.3, -0.25) is 4.79 Å². The van der Waals surface area contributed by atoms with Crippen molar-refractivity contribution >= 4 is 13.2 Å². The lowest BCUT2D eigenvalue weighted by Gasteiger charge is -2.35. The molecule has 24 heavy (non-hydrogen) atoms. The molecule has 1 heterocycles. The lowest BCUT2D eigenvalue weighted by atomic mass is 9.49. The van der Waals surface area contributed by atoms with Crippen molar-refractivity contribution in [2.24, 2.45) is 0 Å². The molecule has 1 aliphatic heterocycles. The summed E-state index contributed by atoms with van der Waals surface area (Å²) in [6.45, 7) is 2.31. The minimum Gasteiger partial charge on any atom is -0.327 e. The van der Waals surface area contributed by atoms with Crippen molar-refractivity contribution in [2.75, 3.05) is 6.54 Å². The minimum absolute atomic E-state index is 0.0161. The summed E-state index contributed by atoms with van der Waals surface area (Å²) in [5.74, 6) is 1.72. The topological polar surface area (TPSA) is 44.4 Å². The van der Waals surface area contributed by atoms with Crippen LogP contribution in [0.1, 0.15) is 77.6 Å². The first-order valence-corrected chi connectivity index (χ1v) is 10.1. The van der Waals surface area contributed by atoms with Crippen molar-refractivity contribution < 1.29 is 4.79 Å². The van der Waals surface area contributed by atoms with Gasteiger partial charge in [-0.2, -0.15) is 0 Å². The fourth-order valence-electron chi connectivity index (χ4n) is 4.61. The van der Waals surface area contributed by atoms with Crippen LogP contribution in [0.25, 0.3) is 0 Å². The van der Waals surface area contributed by atoms with E-state index in [4.69, 9.17) is 0 Å². The first-order valence-electron chi connectivity index (χ1n) is 10.1. The molecule has 0 saturated heterocycles. The average Bonchev–Trinajstić information content (AvgIpc) is 2.98. The van der Waals surface area contributed by atoms with E-state index in [1.807, 2.05) is 0 Å². The second-order valence-corrected chi connectivity index (χ2v) is 7.94. The fourth-order valence-corrected chi connectivity index (χ4v) is 4.61. The Bertz CT molecular complexity index is 438. The molecule has 0 atom stereocenters. The third-order valence-corrected chi connectivity index (χ3v) is 5.91. The van der Waals surface area contributed by atoms with Crippen LogP contribution >= 0.6 is 0 Å². The molecule has 3 rings (SSSR count). The summed E-state index contributed by atoms with van der Waals surface area (Å²) < 4.78 is 0. The molecule has 1 amide bonds. The summed E-state index contributed by atoms with van der Waals surface area (Å²) >= 11 is 0. The molecule has 0 unspecified atom stereocenters. The largest absolute Gasteiger partial charge is 0.327 e. The molecule has 0 aromatic carbocycles. The van der Waals surface area contributed by atoms with Crippen LogP contribution in [0.3, 0.4) is 0 Å². The standard InChI is InChI=1S/C19H33BN3O/c1-15(24)22-18-13-21-23(14-18)19-11-9-17(10-12-19)20-16-7-5-3-2-4-6-8-16/h14,16-17,19,21H,2-13H2,1H3,(H,22,24). The SMILES string of the molecule is CC(=O)NC1=CN(C2CCC([B]C3CCCCCCC3)CC2)NC1. The van der Waals surface area contributed by atoms with E-state index in [2.05, 4.69) is 29.2 Å². The van der Waals surface area contributed by atoms with Crippen LogP contribution in [0.4, 0.5) is 0 Å². The quantitative estimate of drug-likeness (QED) is 0.772. The number of hydrogen-bond donors (Lipinski definition) is 2. The number of nitrogens with one attached hydrogen (secondary N) is 2. The maximum Gasteiger partial charge on any atom is 0.221 e. The van der Waals surface area contributed by atoms with E-state index >= 15 is 0 Å². The molecule has 0 aromatic rings. The molecule has 2 N–H and O–H groups in total. The second-order valence-electron chi connectivity index (χ2n) is 7.94. The van der Waals surface area contributed by atoms with Crippen LogP contribution < -0.4 is 10.7 Å². The molecule has 3 aliphatic rings. The van der Waals surface area contributed by atoms with Gasteiger partial charge in [-0.05, 0) is 12.8 Å². The summed E-state index contributed by atoms with van der Waals surface area (Å²) in [5, 5.41) is 5.13. The zero-order valence-corrected chi connectivity index (χ0v) is 15.2. The Balaban J connectivity index is 1.41. The van der Waals surface area contributed by atoms with Gasteiger partial charge >= 0.3 is 0 Å². The summed E-state index contributed by atoms with van der Waals surface area (Å²) in [6.07, 6.45) is 17.3. The lowest BCUT2D eigenvalue weighted by Crippen LogP contribution is -2.40. The fraction of sp³-hybridized carbons (Fsp3) is 0.842. The molecule has 0 aromatic heterocycles. The van der Waals surface area contributed by atoms with E-state index in [1.54, 1.807) is 6.92 Å². The number of hydrazine groups is 1. The van der Waals surface area contributed by atoms with Crippen LogP contribution in [-0.2, 0) is 4.79 Å². The number of hydrogen-bond acceptors (Lipinski definition) is 3. The van der Waals surface area contributed by atoms with Crippen LogP contribution in [0.5, 0.6) is 0 Å². The highest BCUT2D eigenvalue weighted by atomic mass is 16.1. The van der Waals surface area contributed by atoms with Gasteiger partial charge in [-0.1, -0.05) is 69.4 Å². The van der Waals surface area contributed by atoms with Gasteiger partial charge in [0.2, 0.25) is 5.91 Å². The van der Waals surface area contributed by atoms with Crippen molar-refractivity contribution in [2.45, 2.75) is 95.2 Å². The van der Waals surface area contributed by atoms with Gasteiger partial charge in [0, 0.05) is 19.2 Å². The zero-order valence-electron chi connectivity index (χ0n) is 15.2. The highest BCUT2D eigenvalue weighted by Crippen LogP contribution is 2.36. The number of amides is 1. The van der Waals surface area contributed by atoms with Crippen LogP contribution in [0.2, 0.25) is 11.6 Å². The molecule has 4 nitrogen and oxygen atoms in total. The van der Waals surface area contributed by atoms with E-state index in [0.29, 0.717) is 6.04 Å². The molecule has 133 valence electrons. The number of carbonyl (C=O) groups is 1. The van der Waals surface area contributed by atoms with Crippen LogP contribution in [0, 0.1) is 0 Å². The Morgan fingerprint density at radius 2 is 1.67 bits per heavy atom. The Morgan fingerprint density at radius 1 is 1.04 bits per heavy atom. The van der Waals surface area contributed by atoms with Gasteiger partial charge in [-0.25, -0.2) is 5.43 Å². The van der Waals surface area contributed by atoms with E-state index in [-0.39, 0.29) is 5.91 Å². The molecule has 5 heteroatoms. The molecule has 2 fully saturated rings. The van der Waals surface area contributed by atoms with Gasteiger partial charge in [0.25, 0.3) is 0 Å². The van der Waals surface area contributed by atoms with E-state index in [1.165, 1.54) is 70.6 Å². The highest BCUT2D eigenvalue weighted by Gasteiger charge is 2.29. The maximum atomic E-state index is 11.2. The van der Waals surface area contributed by atoms with Gasteiger partial charge in [0.1, 0.15) is 7.28 Å². The minimum atomic E-state index is 0.0161. The normalized spacial score (nSPS) is 29.5. The summed E-state index contributed by atoms with van der Waals surface area (Å²) in [6, 6.07) is 0.582. The number of rotatable bonds is 4. The summed E-state index contributed by atoms with van der Waals surface area (Å²) in [5.41, 5.74) is 4.40. The third kappa shape index (κ3) is 5.27. The maximum absolute atomic E-state index is 11.2. The van der Waals surface area contributed by atoms with Gasteiger partial charge < -0.3 is 10.3 Å². The third-order valence-electron chi connectivity index (χ3n) is 5.91. The van der Waals surface area contributed by atoms with E-state index in [9.17, 15) is 4.79 Å². The monoisotopic (exact) mass is 330 g/mol. The van der Waals surface area contributed by atoms with Crippen molar-refractivity contribution in [3.05, 3.63) is 11.9 Å². The Morgan fingerprint density at radius 3 is 2.33 bits per heavy atom. The second kappa shape index (κ2) is 8.93. The molecular formula is C19H33BN3O. The molecule has 0 spiro atoms. The lowest BCUT2D eigenvalue weighted by molar-refractivity contribution is -0.118. The first-order chi connectivity index (χ1) is 11.7. The number of carbonyl (C=O) groups excluding carboxylic acids is 1. The number of nitrogens with zero attached hydrogens (tertiary/aromatic N) is 1.